The summed E-state index contributed by atoms with van der Waals surface area (Å²) in [5, 5.41) is 12.1. The number of aromatic carboxylic acids is 1. The van der Waals surface area contributed by atoms with Crippen LogP contribution in [0.2, 0.25) is 0 Å². The maximum atomic E-state index is 11.8. The second-order valence-electron chi connectivity index (χ2n) is 4.86. The molecule has 2 N–H and O–H groups in total. The van der Waals surface area contributed by atoms with E-state index in [4.69, 9.17) is 14.3 Å². The summed E-state index contributed by atoms with van der Waals surface area (Å²) in [6, 6.07) is 15.6. The van der Waals surface area contributed by atoms with E-state index in [0.717, 1.165) is 5.56 Å². The Bertz CT molecular complexity index is 854. The Labute approximate surface area is 131 Å². The van der Waals surface area contributed by atoms with Crippen LogP contribution < -0.4 is 5.32 Å². The average Bonchev–Trinajstić information content (AvgIpc) is 2.97. The van der Waals surface area contributed by atoms with Crippen molar-refractivity contribution in [1.29, 1.82) is 0 Å². The van der Waals surface area contributed by atoms with Crippen molar-refractivity contribution < 1.29 is 23.8 Å². The van der Waals surface area contributed by atoms with Crippen molar-refractivity contribution in [3.8, 4) is 0 Å². The minimum absolute atomic E-state index is 0.149. The zero-order valence-electron chi connectivity index (χ0n) is 12.0. The predicted octanol–water partition coefficient (Wildman–Crippen LogP) is 3.88. The topological polar surface area (TPSA) is 88.8 Å². The highest BCUT2D eigenvalue weighted by Gasteiger charge is 2.11. The summed E-state index contributed by atoms with van der Waals surface area (Å²) in [7, 11) is 0. The minimum atomic E-state index is -1.14. The first-order chi connectivity index (χ1) is 11.1. The van der Waals surface area contributed by atoms with E-state index >= 15 is 0 Å². The molecule has 1 aromatic heterocycles. The third-order valence-electron chi connectivity index (χ3n) is 3.19. The highest BCUT2D eigenvalue weighted by molar-refractivity contribution is 5.94. The summed E-state index contributed by atoms with van der Waals surface area (Å²) in [5.41, 5.74) is 1.82. The number of fused-ring (bicyclic) bond motifs is 1. The number of amides is 1. The van der Waals surface area contributed by atoms with Gasteiger partial charge in [0, 0.05) is 11.1 Å². The van der Waals surface area contributed by atoms with Gasteiger partial charge in [-0.2, -0.15) is 0 Å². The van der Waals surface area contributed by atoms with Crippen LogP contribution in [0.3, 0.4) is 0 Å². The highest BCUT2D eigenvalue weighted by Crippen LogP contribution is 2.23. The van der Waals surface area contributed by atoms with Gasteiger partial charge < -0.3 is 14.3 Å². The lowest BCUT2D eigenvalue weighted by Gasteiger charge is -2.07. The van der Waals surface area contributed by atoms with Crippen LogP contribution in [0.15, 0.2) is 59.0 Å². The number of carbonyl (C=O) groups excluding carboxylic acids is 1. The summed E-state index contributed by atoms with van der Waals surface area (Å²) in [6.07, 6.45) is -0.588. The second kappa shape index (κ2) is 6.23. The highest BCUT2D eigenvalue weighted by atomic mass is 16.5. The number of anilines is 1. The number of hydrogen-bond donors (Lipinski definition) is 2. The van der Waals surface area contributed by atoms with Gasteiger partial charge in [-0.1, -0.05) is 30.3 Å². The van der Waals surface area contributed by atoms with E-state index in [2.05, 4.69) is 5.32 Å². The molecule has 1 heterocycles. The van der Waals surface area contributed by atoms with Gasteiger partial charge in [0.25, 0.3) is 0 Å². The van der Waals surface area contributed by atoms with Gasteiger partial charge in [-0.05, 0) is 29.8 Å². The lowest BCUT2D eigenvalue weighted by atomic mass is 10.2. The van der Waals surface area contributed by atoms with Crippen molar-refractivity contribution in [2.24, 2.45) is 0 Å². The number of carbonyl (C=O) groups is 2. The quantitative estimate of drug-likeness (QED) is 0.763. The standard InChI is InChI=1S/C17H13NO5/c19-16(20)15-9-12-8-13(6-7-14(12)23-15)18-17(21)22-10-11-4-2-1-3-5-11/h1-9H,10H2,(H,18,21)(H,19,20). The SMILES string of the molecule is O=C(Nc1ccc2oc(C(=O)O)cc2c1)OCc1ccccc1. The van der Waals surface area contributed by atoms with Crippen LogP contribution in [0.5, 0.6) is 0 Å². The van der Waals surface area contributed by atoms with Gasteiger partial charge in [0.05, 0.1) is 0 Å². The van der Waals surface area contributed by atoms with E-state index < -0.39 is 12.1 Å². The summed E-state index contributed by atoms with van der Waals surface area (Å²) in [6.45, 7) is 0.170. The van der Waals surface area contributed by atoms with Gasteiger partial charge in [-0.3, -0.25) is 5.32 Å². The van der Waals surface area contributed by atoms with E-state index in [9.17, 15) is 9.59 Å². The van der Waals surface area contributed by atoms with E-state index in [1.807, 2.05) is 30.3 Å². The first kappa shape index (κ1) is 14.6. The fraction of sp³-hybridized carbons (Fsp3) is 0.0588. The van der Waals surface area contributed by atoms with E-state index in [1.165, 1.54) is 6.07 Å². The summed E-state index contributed by atoms with van der Waals surface area (Å²) in [5.74, 6) is -1.29. The predicted molar refractivity (Wildman–Crippen MR) is 83.4 cm³/mol. The molecule has 0 atom stereocenters. The number of nitrogens with one attached hydrogen (secondary N) is 1. The van der Waals surface area contributed by atoms with E-state index in [1.54, 1.807) is 18.2 Å². The lowest BCUT2D eigenvalue weighted by Crippen LogP contribution is -2.13. The Hall–Kier alpha value is -3.28. The molecule has 0 bridgehead atoms. The molecule has 0 saturated heterocycles. The number of benzene rings is 2. The number of furan rings is 1. The monoisotopic (exact) mass is 311 g/mol. The van der Waals surface area contributed by atoms with Crippen LogP contribution in [0.1, 0.15) is 16.1 Å². The van der Waals surface area contributed by atoms with Crippen LogP contribution >= 0.6 is 0 Å². The smallest absolute Gasteiger partial charge is 0.411 e. The van der Waals surface area contributed by atoms with Gasteiger partial charge in [0.15, 0.2) is 0 Å². The van der Waals surface area contributed by atoms with Crippen molar-refractivity contribution in [2.75, 3.05) is 5.32 Å². The molecule has 3 aromatic rings. The van der Waals surface area contributed by atoms with Crippen LogP contribution in [0, 0.1) is 0 Å². The van der Waals surface area contributed by atoms with E-state index in [0.29, 0.717) is 16.7 Å². The Morgan fingerprint density at radius 1 is 1.09 bits per heavy atom. The van der Waals surface area contributed by atoms with Crippen molar-refractivity contribution in [2.45, 2.75) is 6.61 Å². The van der Waals surface area contributed by atoms with Crippen LogP contribution in [0.4, 0.5) is 10.5 Å². The largest absolute Gasteiger partial charge is 0.475 e. The van der Waals surface area contributed by atoms with Gasteiger partial charge in [0.1, 0.15) is 12.2 Å². The zero-order valence-corrected chi connectivity index (χ0v) is 12.0. The summed E-state index contributed by atoms with van der Waals surface area (Å²) >= 11 is 0. The summed E-state index contributed by atoms with van der Waals surface area (Å²) < 4.78 is 10.3. The molecule has 0 fully saturated rings. The van der Waals surface area contributed by atoms with Gasteiger partial charge in [-0.15, -0.1) is 0 Å². The normalized spacial score (nSPS) is 10.4. The second-order valence-corrected chi connectivity index (χ2v) is 4.86. The average molecular weight is 311 g/mol. The molecule has 2 aromatic carbocycles. The minimum Gasteiger partial charge on any atom is -0.475 e. The molecule has 6 nitrogen and oxygen atoms in total. The van der Waals surface area contributed by atoms with Gasteiger partial charge in [0.2, 0.25) is 5.76 Å². The van der Waals surface area contributed by atoms with Crippen LogP contribution in [0.25, 0.3) is 11.0 Å². The first-order valence-electron chi connectivity index (χ1n) is 6.86. The number of carboxylic acid groups (broad SMARTS) is 1. The molecule has 0 spiro atoms. The number of rotatable bonds is 4. The Kier molecular flexibility index (Phi) is 3.97. The summed E-state index contributed by atoms with van der Waals surface area (Å²) in [4.78, 5) is 22.7. The first-order valence-corrected chi connectivity index (χ1v) is 6.86. The molecule has 23 heavy (non-hydrogen) atoms. The molecule has 0 aliphatic carbocycles. The molecule has 1 amide bonds. The third-order valence-corrected chi connectivity index (χ3v) is 3.19. The van der Waals surface area contributed by atoms with Crippen LogP contribution in [-0.4, -0.2) is 17.2 Å². The molecule has 116 valence electrons. The van der Waals surface area contributed by atoms with E-state index in [-0.39, 0.29) is 12.4 Å². The molecular formula is C17H13NO5. The molecular weight excluding hydrogens is 298 g/mol. The van der Waals surface area contributed by atoms with Crippen molar-refractivity contribution in [3.63, 3.8) is 0 Å². The van der Waals surface area contributed by atoms with Crippen molar-refractivity contribution in [1.82, 2.24) is 0 Å². The number of hydrogen-bond acceptors (Lipinski definition) is 4. The molecule has 0 aliphatic rings. The fourth-order valence-electron chi connectivity index (χ4n) is 2.10. The van der Waals surface area contributed by atoms with Gasteiger partial charge in [-0.25, -0.2) is 9.59 Å². The third kappa shape index (κ3) is 3.49. The number of ether oxygens (including phenoxy) is 1. The van der Waals surface area contributed by atoms with Crippen molar-refractivity contribution >= 4 is 28.7 Å². The molecule has 0 unspecified atom stereocenters. The molecule has 3 rings (SSSR count). The van der Waals surface area contributed by atoms with Gasteiger partial charge >= 0.3 is 12.1 Å². The molecule has 0 saturated carbocycles. The zero-order chi connectivity index (χ0) is 16.2. The van der Waals surface area contributed by atoms with Crippen molar-refractivity contribution in [3.05, 3.63) is 65.9 Å². The lowest BCUT2D eigenvalue weighted by molar-refractivity contribution is 0.0665. The maximum absolute atomic E-state index is 11.8. The Morgan fingerprint density at radius 3 is 2.61 bits per heavy atom. The Balaban J connectivity index is 1.66. The molecule has 0 aliphatic heterocycles. The van der Waals surface area contributed by atoms with Crippen LogP contribution in [-0.2, 0) is 11.3 Å². The molecule has 0 radical (unpaired) electrons. The molecule has 6 heteroatoms. The Morgan fingerprint density at radius 2 is 1.87 bits per heavy atom. The maximum Gasteiger partial charge on any atom is 0.411 e. The number of carboxylic acids is 1. The fourth-order valence-corrected chi connectivity index (χ4v) is 2.10.